The van der Waals surface area contributed by atoms with Crippen molar-refractivity contribution in [3.05, 3.63) is 0 Å². The van der Waals surface area contributed by atoms with Gasteiger partial charge in [-0.1, -0.05) is 6.92 Å². The Morgan fingerprint density at radius 1 is 1.18 bits per heavy atom. The Morgan fingerprint density at radius 3 is 2.76 bits per heavy atom. The highest BCUT2D eigenvalue weighted by Crippen LogP contribution is 2.17. The number of hydrogen-bond acceptors (Lipinski definition) is 3. The Hall–Kier alpha value is -0.120. The normalized spacial score (nSPS) is 33.5. The van der Waals surface area contributed by atoms with E-state index in [0.29, 0.717) is 0 Å². The molecule has 0 saturated carbocycles. The van der Waals surface area contributed by atoms with Crippen LogP contribution in [-0.4, -0.2) is 62.2 Å². The molecule has 17 heavy (non-hydrogen) atoms. The predicted octanol–water partition coefficient (Wildman–Crippen LogP) is 1.40. The molecule has 0 spiro atoms. The smallest absolute Gasteiger partial charge is 0.00766 e. The van der Waals surface area contributed by atoms with Gasteiger partial charge in [0, 0.05) is 19.1 Å². The zero-order valence-electron chi connectivity index (χ0n) is 11.6. The molecule has 2 fully saturated rings. The molecule has 100 valence electrons. The summed E-state index contributed by atoms with van der Waals surface area (Å²) in [6.45, 7) is 10.1. The van der Waals surface area contributed by atoms with Crippen LogP contribution in [0.5, 0.6) is 0 Å². The lowest BCUT2D eigenvalue weighted by Gasteiger charge is -2.30. The van der Waals surface area contributed by atoms with E-state index in [1.54, 1.807) is 0 Å². The van der Waals surface area contributed by atoms with Crippen molar-refractivity contribution in [2.75, 3.05) is 46.3 Å². The van der Waals surface area contributed by atoms with Gasteiger partial charge in [0.05, 0.1) is 0 Å². The number of nitrogens with one attached hydrogen (secondary N) is 1. The topological polar surface area (TPSA) is 18.5 Å². The average Bonchev–Trinajstić information content (AvgIpc) is 2.69. The summed E-state index contributed by atoms with van der Waals surface area (Å²) in [5, 5.41) is 3.66. The molecule has 0 aromatic heterocycles. The zero-order valence-corrected chi connectivity index (χ0v) is 11.6. The highest BCUT2D eigenvalue weighted by atomic mass is 15.2. The molecule has 2 saturated heterocycles. The lowest BCUT2D eigenvalue weighted by Crippen LogP contribution is -2.41. The van der Waals surface area contributed by atoms with Gasteiger partial charge in [-0.15, -0.1) is 0 Å². The molecule has 2 rings (SSSR count). The molecular weight excluding hydrogens is 210 g/mol. The number of likely N-dealkylation sites (tertiary alicyclic amines) is 1. The quantitative estimate of drug-likeness (QED) is 0.803. The summed E-state index contributed by atoms with van der Waals surface area (Å²) < 4.78 is 0. The van der Waals surface area contributed by atoms with Gasteiger partial charge < -0.3 is 15.1 Å². The summed E-state index contributed by atoms with van der Waals surface area (Å²) in [6.07, 6.45) is 5.33. The molecule has 2 unspecified atom stereocenters. The first-order valence-electron chi connectivity index (χ1n) is 7.42. The van der Waals surface area contributed by atoms with Crippen molar-refractivity contribution < 1.29 is 0 Å². The van der Waals surface area contributed by atoms with E-state index in [9.17, 15) is 0 Å². The van der Waals surface area contributed by atoms with Crippen molar-refractivity contribution in [2.24, 2.45) is 5.92 Å². The van der Waals surface area contributed by atoms with Gasteiger partial charge in [-0.05, 0) is 64.8 Å². The van der Waals surface area contributed by atoms with Crippen LogP contribution in [-0.2, 0) is 0 Å². The highest BCUT2D eigenvalue weighted by Gasteiger charge is 2.22. The van der Waals surface area contributed by atoms with Gasteiger partial charge >= 0.3 is 0 Å². The molecule has 0 bridgehead atoms. The summed E-state index contributed by atoms with van der Waals surface area (Å²) in [5.41, 5.74) is 0. The van der Waals surface area contributed by atoms with Crippen LogP contribution in [0.1, 0.15) is 32.6 Å². The second-order valence-corrected chi connectivity index (χ2v) is 5.92. The standard InChI is InChI=1S/C14H29N3/c1-3-14-6-10-17(8-4-7-15-14)12-13-5-9-16(2)11-13/h13-15H,3-12H2,1-2H3. The minimum atomic E-state index is 0.754. The summed E-state index contributed by atoms with van der Waals surface area (Å²) in [6, 6.07) is 0.754. The van der Waals surface area contributed by atoms with E-state index in [0.717, 1.165) is 12.0 Å². The number of hydrogen-bond donors (Lipinski definition) is 1. The first-order valence-corrected chi connectivity index (χ1v) is 7.42. The molecule has 0 amide bonds. The number of rotatable bonds is 3. The second-order valence-electron chi connectivity index (χ2n) is 5.92. The van der Waals surface area contributed by atoms with Crippen LogP contribution in [0.2, 0.25) is 0 Å². The number of nitrogens with zero attached hydrogens (tertiary/aromatic N) is 2. The Bertz CT molecular complexity index is 220. The fraction of sp³-hybridized carbons (Fsp3) is 1.00. The van der Waals surface area contributed by atoms with E-state index < -0.39 is 0 Å². The monoisotopic (exact) mass is 239 g/mol. The molecule has 2 atom stereocenters. The first-order chi connectivity index (χ1) is 8.28. The Morgan fingerprint density at radius 2 is 2.06 bits per heavy atom. The average molecular weight is 239 g/mol. The molecule has 3 nitrogen and oxygen atoms in total. The van der Waals surface area contributed by atoms with E-state index >= 15 is 0 Å². The summed E-state index contributed by atoms with van der Waals surface area (Å²) >= 11 is 0. The third kappa shape index (κ3) is 4.23. The Labute approximate surface area is 107 Å². The van der Waals surface area contributed by atoms with Gasteiger partial charge in [0.25, 0.3) is 0 Å². The third-order valence-electron chi connectivity index (χ3n) is 4.38. The van der Waals surface area contributed by atoms with E-state index in [1.165, 1.54) is 65.0 Å². The first kappa shape index (κ1) is 13.3. The van der Waals surface area contributed by atoms with Gasteiger partial charge in [0.1, 0.15) is 0 Å². The van der Waals surface area contributed by atoms with Crippen LogP contribution in [0.3, 0.4) is 0 Å². The molecule has 0 aliphatic carbocycles. The van der Waals surface area contributed by atoms with Crippen molar-refractivity contribution >= 4 is 0 Å². The third-order valence-corrected chi connectivity index (χ3v) is 4.38. The van der Waals surface area contributed by atoms with Gasteiger partial charge in [0.2, 0.25) is 0 Å². The SMILES string of the molecule is CCC1CCN(CC2CCN(C)C2)CCCN1. The Balaban J connectivity index is 1.75. The fourth-order valence-electron chi connectivity index (χ4n) is 3.23. The minimum absolute atomic E-state index is 0.754. The van der Waals surface area contributed by atoms with Crippen molar-refractivity contribution in [2.45, 2.75) is 38.6 Å². The van der Waals surface area contributed by atoms with E-state index in [-0.39, 0.29) is 0 Å². The molecule has 3 heteroatoms. The van der Waals surface area contributed by atoms with Crippen LogP contribution in [0.25, 0.3) is 0 Å². The minimum Gasteiger partial charge on any atom is -0.314 e. The molecule has 2 aliphatic heterocycles. The zero-order chi connectivity index (χ0) is 12.1. The van der Waals surface area contributed by atoms with Crippen LogP contribution in [0, 0.1) is 5.92 Å². The predicted molar refractivity (Wildman–Crippen MR) is 73.4 cm³/mol. The summed E-state index contributed by atoms with van der Waals surface area (Å²) in [7, 11) is 2.25. The molecule has 0 aromatic carbocycles. The van der Waals surface area contributed by atoms with Crippen molar-refractivity contribution in [1.82, 2.24) is 15.1 Å². The maximum Gasteiger partial charge on any atom is 0.00766 e. The van der Waals surface area contributed by atoms with Crippen LogP contribution in [0.15, 0.2) is 0 Å². The lowest BCUT2D eigenvalue weighted by atomic mass is 10.1. The summed E-state index contributed by atoms with van der Waals surface area (Å²) in [4.78, 5) is 5.19. The largest absolute Gasteiger partial charge is 0.314 e. The summed E-state index contributed by atoms with van der Waals surface area (Å²) in [5.74, 6) is 0.924. The molecule has 2 aliphatic rings. The Kier molecular flexibility index (Phi) is 5.26. The van der Waals surface area contributed by atoms with Gasteiger partial charge in [-0.2, -0.15) is 0 Å². The van der Waals surface area contributed by atoms with Gasteiger partial charge in [-0.3, -0.25) is 0 Å². The molecule has 0 aromatic rings. The molecule has 2 heterocycles. The lowest BCUT2D eigenvalue weighted by molar-refractivity contribution is 0.201. The van der Waals surface area contributed by atoms with Crippen molar-refractivity contribution in [3.8, 4) is 0 Å². The van der Waals surface area contributed by atoms with Gasteiger partial charge in [0.15, 0.2) is 0 Å². The van der Waals surface area contributed by atoms with Crippen molar-refractivity contribution in [3.63, 3.8) is 0 Å². The highest BCUT2D eigenvalue weighted by molar-refractivity contribution is 4.78. The molecule has 1 N–H and O–H groups in total. The van der Waals surface area contributed by atoms with E-state index in [1.807, 2.05) is 0 Å². The van der Waals surface area contributed by atoms with E-state index in [4.69, 9.17) is 0 Å². The van der Waals surface area contributed by atoms with Crippen LogP contribution in [0.4, 0.5) is 0 Å². The van der Waals surface area contributed by atoms with E-state index in [2.05, 4.69) is 29.1 Å². The second kappa shape index (κ2) is 6.72. The van der Waals surface area contributed by atoms with Gasteiger partial charge in [-0.25, -0.2) is 0 Å². The maximum atomic E-state index is 3.66. The molecular formula is C14H29N3. The van der Waals surface area contributed by atoms with Crippen molar-refractivity contribution in [1.29, 1.82) is 0 Å². The van der Waals surface area contributed by atoms with Crippen LogP contribution >= 0.6 is 0 Å². The fourth-order valence-corrected chi connectivity index (χ4v) is 3.23. The van der Waals surface area contributed by atoms with Crippen LogP contribution < -0.4 is 5.32 Å². The maximum absolute atomic E-state index is 3.66. The molecule has 0 radical (unpaired) electrons.